The van der Waals surface area contributed by atoms with Crippen LogP contribution < -0.4 is 4.90 Å². The van der Waals surface area contributed by atoms with Crippen LogP contribution in [-0.4, -0.2) is 0 Å². The van der Waals surface area contributed by atoms with E-state index in [1.807, 2.05) is 0 Å². The monoisotopic (exact) mass is 565 g/mol. The van der Waals surface area contributed by atoms with E-state index >= 15 is 0 Å². The van der Waals surface area contributed by atoms with Crippen molar-refractivity contribution in [3.8, 4) is 11.1 Å². The molecule has 0 saturated heterocycles. The van der Waals surface area contributed by atoms with E-state index in [1.165, 1.54) is 33.3 Å². The second-order valence-electron chi connectivity index (χ2n) is 11.9. The number of hydrogen-bond donors (Lipinski definition) is 0. The molecule has 0 unspecified atom stereocenters. The van der Waals surface area contributed by atoms with Gasteiger partial charge in [0.2, 0.25) is 0 Å². The van der Waals surface area contributed by atoms with Crippen molar-refractivity contribution in [1.29, 1.82) is 0 Å². The summed E-state index contributed by atoms with van der Waals surface area (Å²) in [6, 6.07) is 41.5. The Morgan fingerprint density at radius 2 is 1.25 bits per heavy atom. The number of anilines is 3. The number of furan rings is 1. The topological polar surface area (TPSA) is 16.4 Å². The first-order valence-electron chi connectivity index (χ1n) is 15.6. The van der Waals surface area contributed by atoms with Crippen molar-refractivity contribution in [1.82, 2.24) is 0 Å². The van der Waals surface area contributed by atoms with Gasteiger partial charge in [0.25, 0.3) is 0 Å². The van der Waals surface area contributed by atoms with Crippen LogP contribution >= 0.6 is 0 Å². The third kappa shape index (κ3) is 3.88. The summed E-state index contributed by atoms with van der Waals surface area (Å²) < 4.78 is 6.82. The predicted octanol–water partition coefficient (Wildman–Crippen LogP) is 11.8. The van der Waals surface area contributed by atoms with Crippen molar-refractivity contribution >= 4 is 61.9 Å². The number of fused-ring (bicyclic) bond motifs is 8. The lowest BCUT2D eigenvalue weighted by atomic mass is 9.83. The fraction of sp³-hybridized carbons (Fsp3) is 0.0952. The summed E-state index contributed by atoms with van der Waals surface area (Å²) in [4.78, 5) is 2.46. The zero-order valence-corrected chi connectivity index (χ0v) is 24.5. The van der Waals surface area contributed by atoms with Crippen LogP contribution in [0.4, 0.5) is 17.1 Å². The molecule has 0 spiro atoms. The quantitative estimate of drug-likeness (QED) is 0.211. The van der Waals surface area contributed by atoms with E-state index in [2.05, 4.69) is 144 Å². The maximum Gasteiger partial charge on any atom is 0.143 e. The third-order valence-electron chi connectivity index (χ3n) is 9.39. The van der Waals surface area contributed by atoms with Crippen LogP contribution in [0, 0.1) is 0 Å². The van der Waals surface area contributed by atoms with Crippen molar-refractivity contribution in [2.45, 2.75) is 25.7 Å². The molecule has 6 aromatic carbocycles. The van der Waals surface area contributed by atoms with Gasteiger partial charge in [0.1, 0.15) is 11.2 Å². The lowest BCUT2D eigenvalue weighted by Crippen LogP contribution is -2.16. The number of nitrogens with zero attached hydrogens (tertiary/aromatic N) is 1. The van der Waals surface area contributed by atoms with Crippen molar-refractivity contribution in [2.75, 3.05) is 4.90 Å². The molecular formula is C42H31NO. The maximum atomic E-state index is 6.82. The standard InChI is InChI=1S/C42H31NO/c1-2-15-30(16-3-1)43(40-27-29-14-5-6-17-31(29)33-19-8-9-20-34(33)40)39-24-11-10-21-35(39)36-22-12-23-37-38-26-25-28-13-4-7-18-32(28)41(38)44-42(36)37/h1-5,7,9-16,18,20-27H,6,8,17,19H2. The van der Waals surface area contributed by atoms with Crippen molar-refractivity contribution < 1.29 is 4.42 Å². The minimum Gasteiger partial charge on any atom is -0.455 e. The smallest absolute Gasteiger partial charge is 0.143 e. The molecule has 0 aliphatic heterocycles. The summed E-state index contributed by atoms with van der Waals surface area (Å²) in [6.45, 7) is 0. The fourth-order valence-corrected chi connectivity index (χ4v) is 7.39. The largest absolute Gasteiger partial charge is 0.455 e. The van der Waals surface area contributed by atoms with Gasteiger partial charge in [-0.2, -0.15) is 0 Å². The van der Waals surface area contributed by atoms with Gasteiger partial charge in [0.15, 0.2) is 0 Å². The van der Waals surface area contributed by atoms with Gasteiger partial charge < -0.3 is 9.32 Å². The highest BCUT2D eigenvalue weighted by atomic mass is 16.3. The Bertz CT molecular complexity index is 2290. The summed E-state index contributed by atoms with van der Waals surface area (Å²) in [5.41, 5.74) is 13.4. The van der Waals surface area contributed by atoms with Gasteiger partial charge in [-0.1, -0.05) is 109 Å². The molecular weight excluding hydrogens is 534 g/mol. The van der Waals surface area contributed by atoms with Gasteiger partial charge in [-0.05, 0) is 78.1 Å². The number of rotatable bonds is 4. The highest BCUT2D eigenvalue weighted by molar-refractivity contribution is 6.17. The van der Waals surface area contributed by atoms with Crippen molar-refractivity contribution in [2.24, 2.45) is 0 Å². The Balaban J connectivity index is 1.33. The predicted molar refractivity (Wildman–Crippen MR) is 186 cm³/mol. The normalized spacial score (nSPS) is 13.8. The van der Waals surface area contributed by atoms with Crippen LogP contribution in [0.25, 0.3) is 56.0 Å². The number of benzene rings is 6. The van der Waals surface area contributed by atoms with Gasteiger partial charge in [-0.15, -0.1) is 0 Å². The third-order valence-corrected chi connectivity index (χ3v) is 9.39. The minimum absolute atomic E-state index is 0.926. The molecule has 44 heavy (non-hydrogen) atoms. The van der Waals surface area contributed by atoms with Crippen LogP contribution in [-0.2, 0) is 12.8 Å². The van der Waals surface area contributed by atoms with Crippen LogP contribution in [0.1, 0.15) is 35.1 Å². The first-order valence-corrected chi connectivity index (χ1v) is 15.6. The Morgan fingerprint density at radius 3 is 2.18 bits per heavy atom. The summed E-state index contributed by atoms with van der Waals surface area (Å²) in [6.07, 6.45) is 13.8. The zero-order valence-electron chi connectivity index (χ0n) is 24.5. The Hall–Kier alpha value is -5.34. The molecule has 0 fully saturated rings. The van der Waals surface area contributed by atoms with Gasteiger partial charge in [0.05, 0.1) is 11.4 Å². The summed E-state index contributed by atoms with van der Waals surface area (Å²) in [7, 11) is 0. The number of hydrogen-bond acceptors (Lipinski definition) is 2. The van der Waals surface area contributed by atoms with E-state index in [1.54, 1.807) is 0 Å². The lowest BCUT2D eigenvalue weighted by molar-refractivity contribution is 0.674. The number of para-hydroxylation sites is 3. The molecule has 1 aromatic heterocycles. The van der Waals surface area contributed by atoms with E-state index in [0.29, 0.717) is 0 Å². The first kappa shape index (κ1) is 25.2. The van der Waals surface area contributed by atoms with Crippen molar-refractivity contribution in [3.05, 3.63) is 150 Å². The van der Waals surface area contributed by atoms with E-state index in [9.17, 15) is 0 Å². The van der Waals surface area contributed by atoms with Crippen LogP contribution in [0.2, 0.25) is 0 Å². The highest BCUT2D eigenvalue weighted by Gasteiger charge is 2.26. The van der Waals surface area contributed by atoms with Crippen molar-refractivity contribution in [3.63, 3.8) is 0 Å². The minimum atomic E-state index is 0.926. The van der Waals surface area contributed by atoms with Gasteiger partial charge in [-0.3, -0.25) is 0 Å². The van der Waals surface area contributed by atoms with Gasteiger partial charge in [0, 0.05) is 38.5 Å². The van der Waals surface area contributed by atoms with E-state index in [-0.39, 0.29) is 0 Å². The molecule has 7 aromatic rings. The molecule has 0 bridgehead atoms. The second kappa shape index (κ2) is 10.1. The molecule has 2 aliphatic carbocycles. The lowest BCUT2D eigenvalue weighted by Gasteiger charge is -2.32. The molecule has 0 radical (unpaired) electrons. The highest BCUT2D eigenvalue weighted by Crippen LogP contribution is 2.48. The first-order chi connectivity index (χ1) is 21.8. The molecule has 1 heterocycles. The molecule has 0 saturated carbocycles. The molecule has 0 N–H and O–H groups in total. The summed E-state index contributed by atoms with van der Waals surface area (Å²) in [5, 5.41) is 4.63. The average Bonchev–Trinajstić information content (AvgIpc) is 3.49. The molecule has 210 valence electrons. The zero-order chi connectivity index (χ0) is 29.0. The van der Waals surface area contributed by atoms with Crippen LogP contribution in [0.15, 0.2) is 132 Å². The van der Waals surface area contributed by atoms with Crippen LogP contribution in [0.3, 0.4) is 0 Å². The van der Waals surface area contributed by atoms with Crippen LogP contribution in [0.5, 0.6) is 0 Å². The van der Waals surface area contributed by atoms with E-state index in [0.717, 1.165) is 75.5 Å². The summed E-state index contributed by atoms with van der Waals surface area (Å²) >= 11 is 0. The molecule has 9 rings (SSSR count). The molecule has 0 amide bonds. The fourth-order valence-electron chi connectivity index (χ4n) is 7.39. The van der Waals surface area contributed by atoms with Gasteiger partial charge in [-0.25, -0.2) is 0 Å². The molecule has 0 atom stereocenters. The Morgan fingerprint density at radius 1 is 0.523 bits per heavy atom. The van der Waals surface area contributed by atoms with E-state index < -0.39 is 0 Å². The molecule has 2 aliphatic rings. The molecule has 2 heteroatoms. The number of allylic oxidation sites excluding steroid dienone is 2. The second-order valence-corrected chi connectivity index (χ2v) is 11.9. The Labute approximate surface area is 257 Å². The van der Waals surface area contributed by atoms with E-state index in [4.69, 9.17) is 4.42 Å². The summed E-state index contributed by atoms with van der Waals surface area (Å²) in [5.74, 6) is 0. The van der Waals surface area contributed by atoms with Gasteiger partial charge >= 0.3 is 0 Å². The SMILES string of the molecule is C1=Cc2cc(N(c3ccccc3)c3ccccc3-c3cccc4c3oc3c5ccccc5ccc43)c3c(c2CC1)CCC=C3. The average molecular weight is 566 g/mol. The Kier molecular flexibility index (Phi) is 5.80. The molecule has 2 nitrogen and oxygen atoms in total. The maximum absolute atomic E-state index is 6.82.